The molecule has 0 saturated heterocycles. The number of anilines is 1. The lowest BCUT2D eigenvalue weighted by Gasteiger charge is -2.11. The fourth-order valence-electron chi connectivity index (χ4n) is 2.29. The zero-order valence-corrected chi connectivity index (χ0v) is 19.5. The monoisotopic (exact) mass is 502 g/mol. The van der Waals surface area contributed by atoms with Crippen molar-refractivity contribution in [3.05, 3.63) is 40.5 Å². The molecule has 0 bridgehead atoms. The molecule has 0 aliphatic heterocycles. The van der Waals surface area contributed by atoms with Gasteiger partial charge in [-0.15, -0.1) is 35.3 Å². The van der Waals surface area contributed by atoms with Crippen molar-refractivity contribution < 1.29 is 0 Å². The van der Waals surface area contributed by atoms with Gasteiger partial charge in [-0.25, -0.2) is 15.0 Å². The Morgan fingerprint density at radius 3 is 2.67 bits per heavy atom. The molecular formula is C19H31IN6S. The minimum absolute atomic E-state index is 0. The molecule has 0 aliphatic rings. The number of hydrogen-bond donors (Lipinski definition) is 3. The van der Waals surface area contributed by atoms with Crippen LogP contribution in [0, 0.1) is 0 Å². The molecule has 0 aliphatic carbocycles. The summed E-state index contributed by atoms with van der Waals surface area (Å²) in [6, 6.07) is 5.89. The van der Waals surface area contributed by atoms with Crippen LogP contribution in [0.5, 0.6) is 0 Å². The third kappa shape index (κ3) is 9.37. The molecule has 0 amide bonds. The molecule has 0 aromatic carbocycles. The van der Waals surface area contributed by atoms with Crippen LogP contribution in [0.15, 0.2) is 34.8 Å². The zero-order chi connectivity index (χ0) is 18.6. The molecule has 0 saturated carbocycles. The van der Waals surface area contributed by atoms with Crippen molar-refractivity contribution in [3.63, 3.8) is 0 Å². The minimum atomic E-state index is 0. The van der Waals surface area contributed by atoms with Crippen molar-refractivity contribution in [2.75, 3.05) is 25.0 Å². The Balaban J connectivity index is 0.00000364. The first kappa shape index (κ1) is 23.6. The molecule has 0 atom stereocenters. The minimum Gasteiger partial charge on any atom is -0.370 e. The molecule has 150 valence electrons. The van der Waals surface area contributed by atoms with E-state index in [0.717, 1.165) is 55.0 Å². The van der Waals surface area contributed by atoms with Gasteiger partial charge in [0.05, 0.1) is 12.2 Å². The zero-order valence-electron chi connectivity index (χ0n) is 16.4. The average molecular weight is 502 g/mol. The van der Waals surface area contributed by atoms with Gasteiger partial charge in [0.15, 0.2) is 5.96 Å². The average Bonchev–Trinajstić information content (AvgIpc) is 3.12. The molecule has 8 heteroatoms. The molecule has 27 heavy (non-hydrogen) atoms. The van der Waals surface area contributed by atoms with Crippen LogP contribution < -0.4 is 16.0 Å². The molecular weight excluding hydrogens is 471 g/mol. The van der Waals surface area contributed by atoms with Crippen molar-refractivity contribution in [2.24, 2.45) is 4.99 Å². The summed E-state index contributed by atoms with van der Waals surface area (Å²) in [5.74, 6) is 2.25. The maximum absolute atomic E-state index is 4.64. The van der Waals surface area contributed by atoms with Gasteiger partial charge in [-0.3, -0.25) is 0 Å². The van der Waals surface area contributed by atoms with Gasteiger partial charge < -0.3 is 16.0 Å². The van der Waals surface area contributed by atoms with E-state index in [4.69, 9.17) is 0 Å². The highest BCUT2D eigenvalue weighted by Gasteiger charge is 2.05. The number of rotatable bonds is 10. The number of nitrogens with zero attached hydrogens (tertiary/aromatic N) is 3. The van der Waals surface area contributed by atoms with Crippen molar-refractivity contribution >= 4 is 47.1 Å². The third-order valence-electron chi connectivity index (χ3n) is 3.74. The third-order valence-corrected chi connectivity index (χ3v) is 4.60. The number of unbranched alkanes of at least 4 members (excludes halogenated alkanes) is 1. The normalized spacial score (nSPS) is 11.2. The van der Waals surface area contributed by atoms with Crippen LogP contribution in [0.4, 0.5) is 5.82 Å². The van der Waals surface area contributed by atoms with Crippen molar-refractivity contribution in [2.45, 2.75) is 46.1 Å². The van der Waals surface area contributed by atoms with E-state index in [0.29, 0.717) is 12.5 Å². The van der Waals surface area contributed by atoms with Crippen molar-refractivity contribution in [1.82, 2.24) is 20.6 Å². The summed E-state index contributed by atoms with van der Waals surface area (Å²) in [5.41, 5.74) is 1.15. The number of aromatic nitrogens is 2. The van der Waals surface area contributed by atoms with Crippen LogP contribution in [-0.2, 0) is 6.54 Å². The van der Waals surface area contributed by atoms with Crippen molar-refractivity contribution in [3.8, 4) is 0 Å². The van der Waals surface area contributed by atoms with Crippen LogP contribution in [0.25, 0.3) is 0 Å². The summed E-state index contributed by atoms with van der Waals surface area (Å²) in [4.78, 5) is 13.5. The number of guanidine groups is 1. The Morgan fingerprint density at radius 1 is 1.19 bits per heavy atom. The first-order valence-corrected chi connectivity index (χ1v) is 10.2. The van der Waals surface area contributed by atoms with Crippen LogP contribution in [0.2, 0.25) is 0 Å². The van der Waals surface area contributed by atoms with E-state index in [2.05, 4.69) is 57.1 Å². The topological polar surface area (TPSA) is 74.2 Å². The molecule has 6 nitrogen and oxygen atoms in total. The second-order valence-corrected chi connectivity index (χ2v) is 7.23. The van der Waals surface area contributed by atoms with Gasteiger partial charge in [0.1, 0.15) is 10.8 Å². The maximum Gasteiger partial charge on any atom is 0.191 e. The summed E-state index contributed by atoms with van der Waals surface area (Å²) in [6.07, 6.45) is 3.95. The lowest BCUT2D eigenvalue weighted by molar-refractivity contribution is 0.712. The molecule has 0 spiro atoms. The van der Waals surface area contributed by atoms with E-state index in [-0.39, 0.29) is 24.0 Å². The molecule has 0 fully saturated rings. The Kier molecular flexibility index (Phi) is 12.0. The van der Waals surface area contributed by atoms with E-state index >= 15 is 0 Å². The van der Waals surface area contributed by atoms with Crippen LogP contribution >= 0.6 is 35.3 Å². The quantitative estimate of drug-likeness (QED) is 0.196. The van der Waals surface area contributed by atoms with E-state index < -0.39 is 0 Å². The summed E-state index contributed by atoms with van der Waals surface area (Å²) in [5, 5.41) is 13.2. The number of thiazole rings is 1. The second-order valence-electron chi connectivity index (χ2n) is 6.29. The Hall–Kier alpha value is -1.42. The highest BCUT2D eigenvalue weighted by Crippen LogP contribution is 2.18. The molecule has 2 heterocycles. The van der Waals surface area contributed by atoms with Gasteiger partial charge in [0, 0.05) is 31.2 Å². The lowest BCUT2D eigenvalue weighted by atomic mass is 10.2. The van der Waals surface area contributed by atoms with Gasteiger partial charge >= 0.3 is 0 Å². The van der Waals surface area contributed by atoms with E-state index in [1.54, 1.807) is 17.5 Å². The fraction of sp³-hybridized carbons (Fsp3) is 0.526. The summed E-state index contributed by atoms with van der Waals surface area (Å²) in [6.45, 7) is 9.69. The van der Waals surface area contributed by atoms with Gasteiger partial charge in [-0.2, -0.15) is 0 Å². The van der Waals surface area contributed by atoms with E-state index in [9.17, 15) is 0 Å². The highest BCUT2D eigenvalue weighted by molar-refractivity contribution is 14.0. The second kappa shape index (κ2) is 13.7. The van der Waals surface area contributed by atoms with Gasteiger partial charge in [0.25, 0.3) is 0 Å². The number of aliphatic imine (C=N–C) groups is 1. The maximum atomic E-state index is 4.64. The SMILES string of the molecule is CCNC(=NCc1nc(C(C)C)cs1)NCCCCNc1ccccn1.I. The first-order valence-electron chi connectivity index (χ1n) is 9.30. The number of nitrogens with one attached hydrogen (secondary N) is 3. The van der Waals surface area contributed by atoms with Gasteiger partial charge in [-0.1, -0.05) is 19.9 Å². The van der Waals surface area contributed by atoms with Crippen LogP contribution in [0.3, 0.4) is 0 Å². The Morgan fingerprint density at radius 2 is 2.00 bits per heavy atom. The predicted octanol–water partition coefficient (Wildman–Crippen LogP) is 4.23. The number of halogens is 1. The summed E-state index contributed by atoms with van der Waals surface area (Å²) in [7, 11) is 0. The van der Waals surface area contributed by atoms with Gasteiger partial charge in [0.2, 0.25) is 0 Å². The molecule has 2 aromatic rings. The van der Waals surface area contributed by atoms with Crippen LogP contribution in [-0.4, -0.2) is 35.6 Å². The Labute approximate surface area is 183 Å². The Bertz CT molecular complexity index is 659. The number of hydrogen-bond acceptors (Lipinski definition) is 5. The largest absolute Gasteiger partial charge is 0.370 e. The summed E-state index contributed by atoms with van der Waals surface area (Å²) >= 11 is 1.68. The lowest BCUT2D eigenvalue weighted by Crippen LogP contribution is -2.37. The predicted molar refractivity (Wildman–Crippen MR) is 126 cm³/mol. The van der Waals surface area contributed by atoms with Crippen molar-refractivity contribution in [1.29, 1.82) is 0 Å². The van der Waals surface area contributed by atoms with E-state index in [1.807, 2.05) is 18.2 Å². The molecule has 2 rings (SSSR count). The van der Waals surface area contributed by atoms with Gasteiger partial charge in [-0.05, 0) is 37.8 Å². The summed E-state index contributed by atoms with van der Waals surface area (Å²) < 4.78 is 0. The van der Waals surface area contributed by atoms with Crippen LogP contribution in [0.1, 0.15) is 50.2 Å². The molecule has 2 aromatic heterocycles. The molecule has 0 radical (unpaired) electrons. The molecule has 3 N–H and O–H groups in total. The molecule has 0 unspecified atom stereocenters. The first-order chi connectivity index (χ1) is 12.7. The van der Waals surface area contributed by atoms with E-state index in [1.165, 1.54) is 0 Å². The smallest absolute Gasteiger partial charge is 0.191 e. The standard InChI is InChI=1S/C19H30N6S.HI/c1-4-20-19(24-13-18-25-16(14-26-18)15(2)3)23-12-8-7-11-22-17-9-5-6-10-21-17;/h5-6,9-10,14-15H,4,7-8,11-13H2,1-3H3,(H,21,22)(H2,20,23,24);1H. The fourth-order valence-corrected chi connectivity index (χ4v) is 3.17. The highest BCUT2D eigenvalue weighted by atomic mass is 127. The number of pyridine rings is 1.